The average molecular weight is 757 g/mol. The van der Waals surface area contributed by atoms with Crippen LogP contribution in [-0.2, 0) is 47.2 Å². The molecule has 18 heteroatoms. The molecule has 4 heterocycles. The summed E-state index contributed by atoms with van der Waals surface area (Å²) in [6.45, 7) is 11.2. The normalized spacial score (nSPS) is 24.0. The third-order valence-corrected chi connectivity index (χ3v) is 10.5. The molecule has 53 heavy (non-hydrogen) atoms. The van der Waals surface area contributed by atoms with Gasteiger partial charge in [-0.1, -0.05) is 39.0 Å². The smallest absolute Gasteiger partial charge is 0.456 e. The Balaban J connectivity index is 1.57. The fraction of sp³-hybridized carbons (Fsp3) is 0.543. The van der Waals surface area contributed by atoms with Crippen molar-refractivity contribution >= 4 is 37.0 Å². The predicted octanol–water partition coefficient (Wildman–Crippen LogP) is 3.93. The number of carbonyl (C=O) groups excluding carboxylic acids is 3. The number of nitrogen functional groups attached to an aromatic ring is 1. The van der Waals surface area contributed by atoms with Crippen LogP contribution in [0.5, 0.6) is 5.75 Å². The number of carbonyl (C=O) groups is 3. The Hall–Kier alpha value is -4.59. The number of aromatic nitrogens is 3. The van der Waals surface area contributed by atoms with Gasteiger partial charge < -0.3 is 33.9 Å². The summed E-state index contributed by atoms with van der Waals surface area (Å²) in [5.41, 5.74) is 3.39. The van der Waals surface area contributed by atoms with Crippen molar-refractivity contribution in [3.05, 3.63) is 54.5 Å². The number of hydrogen-bond acceptors (Lipinski definition) is 15. The molecule has 3 aromatic rings. The zero-order valence-corrected chi connectivity index (χ0v) is 31.5. The molecule has 0 amide bonds. The monoisotopic (exact) mass is 756 g/mol. The third kappa shape index (κ3) is 8.80. The van der Waals surface area contributed by atoms with E-state index in [-0.39, 0.29) is 36.4 Å². The first-order valence-corrected chi connectivity index (χ1v) is 18.6. The minimum Gasteiger partial charge on any atom is -0.456 e. The van der Waals surface area contributed by atoms with Crippen LogP contribution in [0.3, 0.4) is 0 Å². The fourth-order valence-electron chi connectivity index (χ4n) is 5.26. The van der Waals surface area contributed by atoms with E-state index in [1.54, 1.807) is 58.0 Å². The average Bonchev–Trinajstić information content (AvgIpc) is 3.65. The maximum absolute atomic E-state index is 14.5. The topological polar surface area (TPSA) is 225 Å². The number of nitrogens with two attached hydrogens (primary N) is 1. The van der Waals surface area contributed by atoms with Crippen LogP contribution < -0.4 is 15.3 Å². The maximum atomic E-state index is 14.5. The largest absolute Gasteiger partial charge is 0.459 e. The van der Waals surface area contributed by atoms with Crippen molar-refractivity contribution in [2.75, 3.05) is 25.6 Å². The molecule has 1 aromatic carbocycles. The first-order chi connectivity index (χ1) is 25.0. The number of benzene rings is 1. The van der Waals surface area contributed by atoms with Gasteiger partial charge in [-0.05, 0) is 57.9 Å². The van der Waals surface area contributed by atoms with E-state index in [1.165, 1.54) is 29.9 Å². The highest BCUT2D eigenvalue weighted by Crippen LogP contribution is 2.50. The lowest BCUT2D eigenvalue weighted by Gasteiger charge is -2.32. The van der Waals surface area contributed by atoms with E-state index in [2.05, 4.69) is 21.2 Å². The molecule has 2 aromatic heterocycles. The predicted molar refractivity (Wildman–Crippen MR) is 187 cm³/mol. The second-order valence-electron chi connectivity index (χ2n) is 14.4. The lowest BCUT2D eigenvalue weighted by molar-refractivity contribution is -0.178. The number of nitrogens with one attached hydrogen (secondary N) is 1. The summed E-state index contributed by atoms with van der Waals surface area (Å²) < 4.78 is 56.7. The second-order valence-corrected chi connectivity index (χ2v) is 16.1. The van der Waals surface area contributed by atoms with Crippen LogP contribution >= 0.6 is 7.75 Å². The lowest BCUT2D eigenvalue weighted by atomic mass is 9.93. The molecule has 17 nitrogen and oxygen atoms in total. The molecule has 2 aliphatic rings. The van der Waals surface area contributed by atoms with E-state index >= 15 is 0 Å². The van der Waals surface area contributed by atoms with Gasteiger partial charge in [-0.3, -0.25) is 18.9 Å². The Morgan fingerprint density at radius 3 is 2.38 bits per heavy atom. The molecule has 7 atom stereocenters. The van der Waals surface area contributed by atoms with Gasteiger partial charge in [0.1, 0.15) is 48.5 Å². The Bertz CT molecular complexity index is 1890. The first kappa shape index (κ1) is 39.6. The van der Waals surface area contributed by atoms with Gasteiger partial charge in [0, 0.05) is 0 Å². The first-order valence-electron chi connectivity index (χ1n) is 17.1. The fourth-order valence-corrected chi connectivity index (χ4v) is 6.78. The number of esters is 3. The van der Waals surface area contributed by atoms with Crippen LogP contribution in [0.2, 0.25) is 0 Å². The van der Waals surface area contributed by atoms with Crippen molar-refractivity contribution in [1.82, 2.24) is 19.7 Å². The van der Waals surface area contributed by atoms with Crippen molar-refractivity contribution in [3.63, 3.8) is 0 Å². The van der Waals surface area contributed by atoms with Gasteiger partial charge in [-0.25, -0.2) is 14.1 Å². The van der Waals surface area contributed by atoms with Gasteiger partial charge in [-0.15, -0.1) is 0 Å². The molecule has 2 unspecified atom stereocenters. The number of nitriles is 1. The summed E-state index contributed by atoms with van der Waals surface area (Å²) >= 11 is 0. The van der Waals surface area contributed by atoms with Gasteiger partial charge >= 0.3 is 25.7 Å². The van der Waals surface area contributed by atoms with E-state index in [0.29, 0.717) is 5.52 Å². The van der Waals surface area contributed by atoms with Crippen LogP contribution in [0.25, 0.3) is 5.52 Å². The van der Waals surface area contributed by atoms with Gasteiger partial charge in [0.25, 0.3) is 0 Å². The van der Waals surface area contributed by atoms with Crippen molar-refractivity contribution in [2.24, 2.45) is 17.3 Å². The minimum atomic E-state index is -4.59. The van der Waals surface area contributed by atoms with Gasteiger partial charge in [0.2, 0.25) is 5.60 Å². The third-order valence-electron chi connectivity index (χ3n) is 8.87. The molecule has 2 fully saturated rings. The van der Waals surface area contributed by atoms with E-state index in [0.717, 1.165) is 0 Å². The van der Waals surface area contributed by atoms with Crippen molar-refractivity contribution in [3.8, 4) is 11.8 Å². The van der Waals surface area contributed by atoms with Gasteiger partial charge in [0.05, 0.1) is 30.2 Å². The molecule has 5 rings (SSSR count). The van der Waals surface area contributed by atoms with Gasteiger partial charge in [-0.2, -0.15) is 15.4 Å². The SMILES string of the molecule is CC(C)C(C)C(=O)O[C@H]1[C@H](c2ccc3c(N)ncnn23)O[C@](C#N)(COP(=O)(N[C@@H](C)C(=O)OC2COC2)Oc2ccccc2)[C@H]1OC(=O)C(C)(C)C. The maximum Gasteiger partial charge on any atom is 0.459 e. The summed E-state index contributed by atoms with van der Waals surface area (Å²) in [5.74, 6) is -2.66. The molecule has 286 valence electrons. The molecule has 0 spiro atoms. The van der Waals surface area contributed by atoms with Crippen LogP contribution in [0.4, 0.5) is 5.82 Å². The number of ether oxygens (including phenoxy) is 5. The Kier molecular flexibility index (Phi) is 11.8. The number of anilines is 1. The zero-order chi connectivity index (χ0) is 38.7. The summed E-state index contributed by atoms with van der Waals surface area (Å²) in [6.07, 6.45) is -3.66. The quantitative estimate of drug-likeness (QED) is 0.135. The number of fused-ring (bicyclic) bond motifs is 1. The van der Waals surface area contributed by atoms with Crippen LogP contribution in [0.1, 0.15) is 60.3 Å². The van der Waals surface area contributed by atoms with E-state index in [4.69, 9.17) is 38.5 Å². The highest BCUT2D eigenvalue weighted by molar-refractivity contribution is 7.52. The number of rotatable bonds is 14. The molecular formula is C35H45N6O11P. The highest BCUT2D eigenvalue weighted by Gasteiger charge is 2.63. The summed E-state index contributed by atoms with van der Waals surface area (Å²) in [4.78, 5) is 44.1. The van der Waals surface area contributed by atoms with E-state index < -0.39 is 79.7 Å². The summed E-state index contributed by atoms with van der Waals surface area (Å²) in [7, 11) is -4.59. The molecule has 3 N–H and O–H groups in total. The Labute approximate surface area is 306 Å². The van der Waals surface area contributed by atoms with Gasteiger partial charge in [0.15, 0.2) is 18.0 Å². The van der Waals surface area contributed by atoms with E-state index in [9.17, 15) is 24.2 Å². The molecule has 2 aliphatic heterocycles. The number of nitrogens with zero attached hydrogens (tertiary/aromatic N) is 4. The number of hydrogen-bond donors (Lipinski definition) is 2. The zero-order valence-electron chi connectivity index (χ0n) is 30.6. The molecule has 2 saturated heterocycles. The Morgan fingerprint density at radius 2 is 1.77 bits per heavy atom. The summed E-state index contributed by atoms with van der Waals surface area (Å²) in [6, 6.07) is 12.0. The van der Waals surface area contributed by atoms with Crippen LogP contribution in [0, 0.1) is 28.6 Å². The van der Waals surface area contributed by atoms with Crippen LogP contribution in [0.15, 0.2) is 48.8 Å². The Morgan fingerprint density at radius 1 is 1.08 bits per heavy atom. The molecule has 0 aliphatic carbocycles. The molecule has 0 saturated carbocycles. The molecule has 0 radical (unpaired) electrons. The van der Waals surface area contributed by atoms with Crippen LogP contribution in [-0.4, -0.2) is 82.3 Å². The number of para-hydroxylation sites is 1. The van der Waals surface area contributed by atoms with E-state index in [1.807, 2.05) is 13.8 Å². The second kappa shape index (κ2) is 15.8. The van der Waals surface area contributed by atoms with Crippen molar-refractivity contribution in [1.29, 1.82) is 5.26 Å². The van der Waals surface area contributed by atoms with Crippen molar-refractivity contribution in [2.45, 2.75) is 84.5 Å². The highest BCUT2D eigenvalue weighted by atomic mass is 31.2. The minimum absolute atomic E-state index is 0.106. The van der Waals surface area contributed by atoms with Crippen molar-refractivity contribution < 1.29 is 51.7 Å². The summed E-state index contributed by atoms with van der Waals surface area (Å²) in [5, 5.41) is 17.8. The molecular weight excluding hydrogens is 711 g/mol. The standard InChI is InChI=1S/C35H45N6O11P/c1-20(2)21(3)31(42)49-28-27(25-13-14-26-30(37)38-19-39-41(25)26)51-35(17-36,29(28)50-33(44)34(5,6)7)18-47-53(45,52-23-11-9-8-10-12-23)40-22(4)32(43)48-24-15-46-16-24/h8-14,19-22,24,27-29H,15-16,18H2,1-7H3,(H,40,45)(H2,37,38,39)/t21?,22-,27-,28-,29-,35+,53?/m0/s1. The lowest BCUT2D eigenvalue weighted by Crippen LogP contribution is -2.51. The molecule has 0 bridgehead atoms.